The Morgan fingerprint density at radius 3 is 2.59 bits per heavy atom. The lowest BCUT2D eigenvalue weighted by molar-refractivity contribution is 0.112. The van der Waals surface area contributed by atoms with Crippen LogP contribution in [0.25, 0.3) is 0 Å². The monoisotopic (exact) mass is 227 g/mol. The zero-order valence-electron chi connectivity index (χ0n) is 9.26. The van der Waals surface area contributed by atoms with E-state index in [1.165, 1.54) is 6.07 Å². The first-order chi connectivity index (χ1) is 8.29. The zero-order chi connectivity index (χ0) is 12.1. The SMILES string of the molecule is O=Cc1ccc(O)cc1NCc1ccccc1. The van der Waals surface area contributed by atoms with Crippen molar-refractivity contribution >= 4 is 12.0 Å². The van der Waals surface area contributed by atoms with Gasteiger partial charge >= 0.3 is 0 Å². The summed E-state index contributed by atoms with van der Waals surface area (Å²) < 4.78 is 0. The molecule has 0 saturated heterocycles. The summed E-state index contributed by atoms with van der Waals surface area (Å²) in [5.74, 6) is 0.145. The Balaban J connectivity index is 2.13. The summed E-state index contributed by atoms with van der Waals surface area (Å²) >= 11 is 0. The summed E-state index contributed by atoms with van der Waals surface area (Å²) in [6.07, 6.45) is 0.771. The topological polar surface area (TPSA) is 49.3 Å². The number of carbonyl (C=O) groups is 1. The second kappa shape index (κ2) is 5.16. The molecule has 0 fully saturated rings. The maximum absolute atomic E-state index is 10.8. The van der Waals surface area contributed by atoms with E-state index in [1.54, 1.807) is 12.1 Å². The largest absolute Gasteiger partial charge is 0.508 e. The molecule has 0 bridgehead atoms. The van der Waals surface area contributed by atoms with Crippen molar-refractivity contribution in [3.63, 3.8) is 0 Å². The lowest BCUT2D eigenvalue weighted by Gasteiger charge is -2.09. The summed E-state index contributed by atoms with van der Waals surface area (Å²) in [5.41, 5.74) is 2.30. The second-order valence-electron chi connectivity index (χ2n) is 3.73. The molecule has 2 N–H and O–H groups in total. The molecule has 3 nitrogen and oxygen atoms in total. The van der Waals surface area contributed by atoms with Crippen molar-refractivity contribution in [2.24, 2.45) is 0 Å². The second-order valence-corrected chi connectivity index (χ2v) is 3.73. The van der Waals surface area contributed by atoms with Crippen LogP contribution >= 0.6 is 0 Å². The molecule has 17 heavy (non-hydrogen) atoms. The Kier molecular flexibility index (Phi) is 3.40. The highest BCUT2D eigenvalue weighted by Crippen LogP contribution is 2.20. The standard InChI is InChI=1S/C14H13NO2/c16-10-12-6-7-13(17)8-14(12)15-9-11-4-2-1-3-5-11/h1-8,10,15,17H,9H2. The summed E-state index contributed by atoms with van der Waals surface area (Å²) in [6.45, 7) is 0.616. The van der Waals surface area contributed by atoms with Crippen molar-refractivity contribution in [2.45, 2.75) is 6.54 Å². The van der Waals surface area contributed by atoms with Crippen molar-refractivity contribution in [3.8, 4) is 5.75 Å². The number of phenols is 1. The molecule has 0 atom stereocenters. The maximum atomic E-state index is 10.8. The molecule has 0 amide bonds. The first-order valence-electron chi connectivity index (χ1n) is 5.35. The van der Waals surface area contributed by atoms with Crippen LogP contribution < -0.4 is 5.32 Å². The van der Waals surface area contributed by atoms with Crippen molar-refractivity contribution in [1.82, 2.24) is 0 Å². The average molecular weight is 227 g/mol. The van der Waals surface area contributed by atoms with E-state index in [0.717, 1.165) is 11.8 Å². The summed E-state index contributed by atoms with van der Waals surface area (Å²) in [5, 5.41) is 12.5. The number of phenolic OH excluding ortho intramolecular Hbond substituents is 1. The van der Waals surface area contributed by atoms with E-state index >= 15 is 0 Å². The molecule has 0 radical (unpaired) electrons. The first-order valence-corrected chi connectivity index (χ1v) is 5.35. The third-order valence-electron chi connectivity index (χ3n) is 2.49. The van der Waals surface area contributed by atoms with Gasteiger partial charge in [-0.15, -0.1) is 0 Å². The van der Waals surface area contributed by atoms with Gasteiger partial charge in [0.05, 0.1) is 0 Å². The molecular weight excluding hydrogens is 214 g/mol. The van der Waals surface area contributed by atoms with Gasteiger partial charge in [-0.25, -0.2) is 0 Å². The van der Waals surface area contributed by atoms with E-state index in [-0.39, 0.29) is 5.75 Å². The van der Waals surface area contributed by atoms with Gasteiger partial charge in [-0.2, -0.15) is 0 Å². The highest BCUT2D eigenvalue weighted by Gasteiger charge is 2.02. The predicted octanol–water partition coefficient (Wildman–Crippen LogP) is 2.82. The van der Waals surface area contributed by atoms with Crippen LogP contribution in [0.15, 0.2) is 48.5 Å². The van der Waals surface area contributed by atoms with E-state index in [4.69, 9.17) is 0 Å². The Morgan fingerprint density at radius 2 is 1.88 bits per heavy atom. The number of carbonyl (C=O) groups excluding carboxylic acids is 1. The third-order valence-corrected chi connectivity index (χ3v) is 2.49. The van der Waals surface area contributed by atoms with Gasteiger partial charge in [-0.05, 0) is 17.7 Å². The molecule has 0 spiro atoms. The van der Waals surface area contributed by atoms with Gasteiger partial charge in [0.25, 0.3) is 0 Å². The molecule has 3 heteroatoms. The Labute approximate surface area is 99.7 Å². The van der Waals surface area contributed by atoms with E-state index in [1.807, 2.05) is 30.3 Å². The normalized spacial score (nSPS) is 9.88. The van der Waals surface area contributed by atoms with Crippen LogP contribution in [0.2, 0.25) is 0 Å². The average Bonchev–Trinajstić information content (AvgIpc) is 2.38. The minimum atomic E-state index is 0.145. The predicted molar refractivity (Wildman–Crippen MR) is 67.3 cm³/mol. The van der Waals surface area contributed by atoms with E-state index < -0.39 is 0 Å². The minimum absolute atomic E-state index is 0.145. The molecule has 0 aliphatic heterocycles. The number of rotatable bonds is 4. The van der Waals surface area contributed by atoms with Crippen LogP contribution in [0.5, 0.6) is 5.75 Å². The number of nitrogens with one attached hydrogen (secondary N) is 1. The van der Waals surface area contributed by atoms with Crippen molar-refractivity contribution in [2.75, 3.05) is 5.32 Å². The van der Waals surface area contributed by atoms with Gasteiger partial charge in [-0.1, -0.05) is 30.3 Å². The number of hydrogen-bond donors (Lipinski definition) is 2. The number of hydrogen-bond acceptors (Lipinski definition) is 3. The van der Waals surface area contributed by atoms with Gasteiger partial charge in [0.1, 0.15) is 5.75 Å². The van der Waals surface area contributed by atoms with Crippen molar-refractivity contribution < 1.29 is 9.90 Å². The Hall–Kier alpha value is -2.29. The fourth-order valence-electron chi connectivity index (χ4n) is 1.59. The Morgan fingerprint density at radius 1 is 1.12 bits per heavy atom. The van der Waals surface area contributed by atoms with Crippen LogP contribution in [0.4, 0.5) is 5.69 Å². The summed E-state index contributed by atoms with van der Waals surface area (Å²) in [4.78, 5) is 10.8. The molecule has 0 aliphatic rings. The Bertz CT molecular complexity index is 509. The van der Waals surface area contributed by atoms with Crippen LogP contribution in [-0.2, 0) is 6.54 Å². The molecule has 86 valence electrons. The summed E-state index contributed by atoms with van der Waals surface area (Å²) in [6, 6.07) is 14.5. The number of aldehydes is 1. The van der Waals surface area contributed by atoms with Crippen LogP contribution in [0.1, 0.15) is 15.9 Å². The highest BCUT2D eigenvalue weighted by atomic mass is 16.3. The molecule has 0 unspecified atom stereocenters. The molecule has 2 aromatic rings. The summed E-state index contributed by atoms with van der Waals surface area (Å²) in [7, 11) is 0. The van der Waals surface area contributed by atoms with Gasteiger partial charge in [-0.3, -0.25) is 4.79 Å². The van der Waals surface area contributed by atoms with E-state index in [9.17, 15) is 9.90 Å². The smallest absolute Gasteiger partial charge is 0.152 e. The van der Waals surface area contributed by atoms with Crippen molar-refractivity contribution in [3.05, 3.63) is 59.7 Å². The van der Waals surface area contributed by atoms with Gasteiger partial charge in [0.15, 0.2) is 6.29 Å². The number of anilines is 1. The van der Waals surface area contributed by atoms with E-state index in [2.05, 4.69) is 5.32 Å². The number of aromatic hydroxyl groups is 1. The lowest BCUT2D eigenvalue weighted by Crippen LogP contribution is -2.01. The molecule has 0 aromatic heterocycles. The molecule has 2 rings (SSSR count). The molecule has 2 aromatic carbocycles. The third kappa shape index (κ3) is 2.84. The van der Waals surface area contributed by atoms with Crippen LogP contribution in [0, 0.1) is 0 Å². The highest BCUT2D eigenvalue weighted by molar-refractivity contribution is 5.84. The maximum Gasteiger partial charge on any atom is 0.152 e. The fraction of sp³-hybridized carbons (Fsp3) is 0.0714. The van der Waals surface area contributed by atoms with Crippen LogP contribution in [-0.4, -0.2) is 11.4 Å². The minimum Gasteiger partial charge on any atom is -0.508 e. The molecular formula is C14H13NO2. The van der Waals surface area contributed by atoms with Crippen molar-refractivity contribution in [1.29, 1.82) is 0 Å². The van der Waals surface area contributed by atoms with Gasteiger partial charge in [0.2, 0.25) is 0 Å². The lowest BCUT2D eigenvalue weighted by atomic mass is 10.1. The fourth-order valence-corrected chi connectivity index (χ4v) is 1.59. The molecule has 0 saturated carbocycles. The van der Waals surface area contributed by atoms with Gasteiger partial charge in [0, 0.05) is 23.9 Å². The van der Waals surface area contributed by atoms with E-state index in [0.29, 0.717) is 17.8 Å². The van der Waals surface area contributed by atoms with Crippen LogP contribution in [0.3, 0.4) is 0 Å². The molecule has 0 heterocycles. The quantitative estimate of drug-likeness (QED) is 0.789. The first kappa shape index (κ1) is 11.2. The zero-order valence-corrected chi connectivity index (χ0v) is 9.26. The number of benzene rings is 2. The van der Waals surface area contributed by atoms with Gasteiger partial charge < -0.3 is 10.4 Å². The molecule has 0 aliphatic carbocycles.